The Hall–Kier alpha value is -3.03. The lowest BCUT2D eigenvalue weighted by Crippen LogP contribution is -2.12. The van der Waals surface area contributed by atoms with Crippen molar-refractivity contribution in [3.8, 4) is 11.5 Å². The Kier molecular flexibility index (Phi) is 2.53. The van der Waals surface area contributed by atoms with Gasteiger partial charge in [-0.1, -0.05) is 6.07 Å². The Morgan fingerprint density at radius 1 is 1.29 bits per heavy atom. The van der Waals surface area contributed by atoms with Crippen molar-refractivity contribution in [3.05, 3.63) is 40.3 Å². The molecule has 0 aliphatic carbocycles. The van der Waals surface area contributed by atoms with Crippen LogP contribution in [0, 0.1) is 0 Å². The van der Waals surface area contributed by atoms with E-state index in [1.165, 1.54) is 6.20 Å². The SMILES string of the molecule is O=c1[nH]c(NCc2ccc3c(c2)OCO3)nc2[nH]ncc12. The molecule has 0 saturated heterocycles. The predicted octanol–water partition coefficient (Wildman–Crippen LogP) is 0.987. The van der Waals surface area contributed by atoms with Crippen LogP contribution in [-0.2, 0) is 6.54 Å². The van der Waals surface area contributed by atoms with Crippen LogP contribution in [0.25, 0.3) is 11.0 Å². The van der Waals surface area contributed by atoms with Gasteiger partial charge in [-0.3, -0.25) is 14.9 Å². The van der Waals surface area contributed by atoms with Gasteiger partial charge in [0.25, 0.3) is 5.56 Å². The predicted molar refractivity (Wildman–Crippen MR) is 74.4 cm³/mol. The minimum atomic E-state index is -0.234. The van der Waals surface area contributed by atoms with Gasteiger partial charge in [-0.05, 0) is 17.7 Å². The van der Waals surface area contributed by atoms with Crippen LogP contribution in [0.3, 0.4) is 0 Å². The van der Waals surface area contributed by atoms with Crippen LogP contribution < -0.4 is 20.3 Å². The molecule has 0 fully saturated rings. The number of hydrogen-bond acceptors (Lipinski definition) is 6. The molecule has 1 aromatic carbocycles. The van der Waals surface area contributed by atoms with E-state index in [4.69, 9.17) is 9.47 Å². The van der Waals surface area contributed by atoms with Crippen molar-refractivity contribution in [2.45, 2.75) is 6.54 Å². The van der Waals surface area contributed by atoms with Gasteiger partial charge in [0.15, 0.2) is 17.1 Å². The number of aromatic amines is 2. The van der Waals surface area contributed by atoms with E-state index in [-0.39, 0.29) is 12.4 Å². The normalized spacial score (nSPS) is 12.8. The lowest BCUT2D eigenvalue weighted by atomic mass is 10.2. The molecule has 106 valence electrons. The molecule has 8 nitrogen and oxygen atoms in total. The molecule has 3 N–H and O–H groups in total. The van der Waals surface area contributed by atoms with Crippen molar-refractivity contribution >= 4 is 17.0 Å². The summed E-state index contributed by atoms with van der Waals surface area (Å²) in [6.45, 7) is 0.747. The molecule has 0 bridgehead atoms. The summed E-state index contributed by atoms with van der Waals surface area (Å²) in [6, 6.07) is 5.67. The fourth-order valence-corrected chi connectivity index (χ4v) is 2.17. The molecular formula is C13H11N5O3. The monoisotopic (exact) mass is 285 g/mol. The summed E-state index contributed by atoms with van der Waals surface area (Å²) in [6.07, 6.45) is 1.45. The summed E-state index contributed by atoms with van der Waals surface area (Å²) >= 11 is 0. The van der Waals surface area contributed by atoms with Gasteiger partial charge >= 0.3 is 0 Å². The maximum Gasteiger partial charge on any atom is 0.263 e. The molecule has 1 aliphatic rings. The van der Waals surface area contributed by atoms with E-state index < -0.39 is 0 Å². The first-order valence-electron chi connectivity index (χ1n) is 6.35. The maximum absolute atomic E-state index is 11.8. The maximum atomic E-state index is 11.8. The van der Waals surface area contributed by atoms with Crippen LogP contribution in [0.2, 0.25) is 0 Å². The summed E-state index contributed by atoms with van der Waals surface area (Å²) in [5.41, 5.74) is 1.21. The van der Waals surface area contributed by atoms with Crippen molar-refractivity contribution in [2.75, 3.05) is 12.1 Å². The number of H-pyrrole nitrogens is 2. The number of hydrogen-bond donors (Lipinski definition) is 3. The molecule has 3 heterocycles. The number of anilines is 1. The van der Waals surface area contributed by atoms with Crippen LogP contribution in [-0.4, -0.2) is 27.0 Å². The van der Waals surface area contributed by atoms with Gasteiger partial charge in [0, 0.05) is 6.54 Å². The third-order valence-corrected chi connectivity index (χ3v) is 3.22. The van der Waals surface area contributed by atoms with Crippen molar-refractivity contribution in [2.24, 2.45) is 0 Å². The largest absolute Gasteiger partial charge is 0.454 e. The van der Waals surface area contributed by atoms with Gasteiger partial charge in [-0.15, -0.1) is 0 Å². The van der Waals surface area contributed by atoms with Crippen molar-refractivity contribution in [3.63, 3.8) is 0 Å². The quantitative estimate of drug-likeness (QED) is 0.662. The summed E-state index contributed by atoms with van der Waals surface area (Å²) in [4.78, 5) is 18.7. The topological polar surface area (TPSA) is 105 Å². The molecule has 0 atom stereocenters. The molecule has 0 radical (unpaired) electrons. The van der Waals surface area contributed by atoms with E-state index >= 15 is 0 Å². The fourth-order valence-electron chi connectivity index (χ4n) is 2.17. The molecule has 21 heavy (non-hydrogen) atoms. The number of nitrogens with one attached hydrogen (secondary N) is 3. The summed E-state index contributed by atoms with van der Waals surface area (Å²) in [5, 5.41) is 9.97. The van der Waals surface area contributed by atoms with Crippen molar-refractivity contribution in [1.29, 1.82) is 0 Å². The molecule has 0 unspecified atom stereocenters. The molecule has 0 saturated carbocycles. The van der Waals surface area contributed by atoms with Gasteiger partial charge in [0.1, 0.15) is 5.39 Å². The molecule has 1 aliphatic heterocycles. The van der Waals surface area contributed by atoms with E-state index in [2.05, 4.69) is 25.5 Å². The number of rotatable bonds is 3. The first kappa shape index (κ1) is 11.8. The van der Waals surface area contributed by atoms with Crippen molar-refractivity contribution in [1.82, 2.24) is 20.2 Å². The van der Waals surface area contributed by atoms with Gasteiger partial charge in [0.05, 0.1) is 6.20 Å². The van der Waals surface area contributed by atoms with Crippen molar-refractivity contribution < 1.29 is 9.47 Å². The fraction of sp³-hybridized carbons (Fsp3) is 0.154. The minimum absolute atomic E-state index is 0.234. The van der Waals surface area contributed by atoms with Crippen LogP contribution in [0.5, 0.6) is 11.5 Å². The molecule has 8 heteroatoms. The van der Waals surface area contributed by atoms with Gasteiger partial charge in [-0.2, -0.15) is 10.1 Å². The number of benzene rings is 1. The van der Waals surface area contributed by atoms with Crippen LogP contribution in [0.1, 0.15) is 5.56 Å². The Labute approximate surface area is 118 Å². The zero-order valence-corrected chi connectivity index (χ0v) is 10.8. The smallest absolute Gasteiger partial charge is 0.263 e. The number of aromatic nitrogens is 4. The molecule has 0 amide bonds. The Morgan fingerprint density at radius 3 is 3.14 bits per heavy atom. The van der Waals surface area contributed by atoms with Crippen LogP contribution in [0.4, 0.5) is 5.95 Å². The third kappa shape index (κ3) is 2.06. The standard InChI is InChI=1S/C13H11N5O3/c19-12-8-5-15-18-11(8)16-13(17-12)14-4-7-1-2-9-10(3-7)21-6-20-9/h1-3,5H,4,6H2,(H3,14,15,16,17,18,19). The first-order valence-corrected chi connectivity index (χ1v) is 6.35. The van der Waals surface area contributed by atoms with Gasteiger partial charge in [0.2, 0.25) is 12.7 Å². The zero-order valence-electron chi connectivity index (χ0n) is 10.8. The second-order valence-electron chi connectivity index (χ2n) is 4.59. The number of nitrogens with zero attached hydrogens (tertiary/aromatic N) is 2. The van der Waals surface area contributed by atoms with Crippen LogP contribution in [0.15, 0.2) is 29.2 Å². The van der Waals surface area contributed by atoms with Gasteiger partial charge < -0.3 is 14.8 Å². The van der Waals surface area contributed by atoms with E-state index in [0.29, 0.717) is 23.5 Å². The lowest BCUT2D eigenvalue weighted by molar-refractivity contribution is 0.174. The summed E-state index contributed by atoms with van der Waals surface area (Å²) < 4.78 is 10.6. The van der Waals surface area contributed by atoms with Gasteiger partial charge in [-0.25, -0.2) is 0 Å². The molecule has 4 rings (SSSR count). The molecule has 2 aromatic heterocycles. The Morgan fingerprint density at radius 2 is 2.19 bits per heavy atom. The summed E-state index contributed by atoms with van der Waals surface area (Å²) in [5.74, 6) is 1.85. The lowest BCUT2D eigenvalue weighted by Gasteiger charge is -2.06. The average Bonchev–Trinajstić information content (AvgIpc) is 3.13. The minimum Gasteiger partial charge on any atom is -0.454 e. The molecular weight excluding hydrogens is 274 g/mol. The number of ether oxygens (including phenoxy) is 2. The van der Waals surface area contributed by atoms with Crippen LogP contribution >= 0.6 is 0 Å². The first-order chi connectivity index (χ1) is 10.3. The Balaban J connectivity index is 1.56. The third-order valence-electron chi connectivity index (χ3n) is 3.22. The average molecular weight is 285 g/mol. The number of fused-ring (bicyclic) bond motifs is 2. The van der Waals surface area contributed by atoms with E-state index in [1.807, 2.05) is 18.2 Å². The van der Waals surface area contributed by atoms with E-state index in [1.54, 1.807) is 0 Å². The Bertz CT molecular complexity index is 870. The van der Waals surface area contributed by atoms with E-state index in [0.717, 1.165) is 17.1 Å². The highest BCUT2D eigenvalue weighted by atomic mass is 16.7. The zero-order chi connectivity index (χ0) is 14.2. The second-order valence-corrected chi connectivity index (χ2v) is 4.59. The molecule has 3 aromatic rings. The highest BCUT2D eigenvalue weighted by molar-refractivity contribution is 5.73. The highest BCUT2D eigenvalue weighted by Crippen LogP contribution is 2.32. The highest BCUT2D eigenvalue weighted by Gasteiger charge is 2.13. The molecule has 0 spiro atoms. The second kappa shape index (κ2) is 4.51. The summed E-state index contributed by atoms with van der Waals surface area (Å²) in [7, 11) is 0. The van der Waals surface area contributed by atoms with E-state index in [9.17, 15) is 4.79 Å².